The molecule has 0 amide bonds. The molecule has 11 heteroatoms. The van der Waals surface area contributed by atoms with Crippen LogP contribution in [0, 0.1) is 0 Å². The number of rotatable bonds is 12. The Morgan fingerprint density at radius 1 is 0.872 bits per heavy atom. The van der Waals surface area contributed by atoms with Crippen LogP contribution in [-0.2, 0) is 39.8 Å². The molecule has 216 valence electrons. The van der Waals surface area contributed by atoms with Gasteiger partial charge < -0.3 is 0 Å². The van der Waals surface area contributed by atoms with Gasteiger partial charge in [0.05, 0.1) is 0 Å². The van der Waals surface area contributed by atoms with Gasteiger partial charge in [-0.25, -0.2) is 0 Å². The van der Waals surface area contributed by atoms with Gasteiger partial charge in [0.1, 0.15) is 0 Å². The van der Waals surface area contributed by atoms with Crippen LogP contribution in [0.3, 0.4) is 0 Å². The number of hydrogen-bond acceptors (Lipinski definition) is 10. The van der Waals surface area contributed by atoms with Gasteiger partial charge in [0.25, 0.3) is 0 Å². The summed E-state index contributed by atoms with van der Waals surface area (Å²) in [5.41, 5.74) is 0.952. The molecule has 2 aliphatic heterocycles. The van der Waals surface area contributed by atoms with E-state index in [1.54, 1.807) is 14.2 Å². The van der Waals surface area contributed by atoms with E-state index in [0.29, 0.717) is 6.61 Å². The molecule has 2 aliphatic rings. The van der Waals surface area contributed by atoms with Crippen LogP contribution >= 0.6 is 0 Å². The molecule has 0 spiro atoms. The van der Waals surface area contributed by atoms with Gasteiger partial charge in [-0.15, -0.1) is 0 Å². The van der Waals surface area contributed by atoms with Crippen LogP contribution in [0.1, 0.15) is 5.56 Å². The van der Waals surface area contributed by atoms with Gasteiger partial charge >= 0.3 is 236 Å². The van der Waals surface area contributed by atoms with Gasteiger partial charge in [0, 0.05) is 0 Å². The Morgan fingerprint density at radius 2 is 1.62 bits per heavy atom. The molecule has 0 unspecified atom stereocenters. The zero-order valence-electron chi connectivity index (χ0n) is 22.6. The number of hydrogen-bond donors (Lipinski definition) is 2. The van der Waals surface area contributed by atoms with E-state index < -0.39 is 54.0 Å². The van der Waals surface area contributed by atoms with Crippen molar-refractivity contribution in [3.8, 4) is 5.75 Å². The van der Waals surface area contributed by atoms with E-state index in [0.717, 1.165) is 15.8 Å². The third-order valence-corrected chi connectivity index (χ3v) is 9.56. The second kappa shape index (κ2) is 14.9. The van der Waals surface area contributed by atoms with E-state index >= 15 is 0 Å². The molecule has 4 rings (SSSR count). The molecule has 9 atom stereocenters. The summed E-state index contributed by atoms with van der Waals surface area (Å²) in [6.45, 7) is 0.640. The number of methoxy groups -OCH3 is 4. The van der Waals surface area contributed by atoms with Crippen molar-refractivity contribution in [3.05, 3.63) is 60.2 Å². The van der Waals surface area contributed by atoms with Crippen LogP contribution in [0.5, 0.6) is 5.75 Å². The van der Waals surface area contributed by atoms with Gasteiger partial charge in [0.15, 0.2) is 0 Å². The summed E-state index contributed by atoms with van der Waals surface area (Å²) >= 11 is -0.240. The molecule has 2 heterocycles. The summed E-state index contributed by atoms with van der Waals surface area (Å²) in [7, 11) is 6.15. The van der Waals surface area contributed by atoms with Gasteiger partial charge in [0.2, 0.25) is 0 Å². The second-order valence-corrected chi connectivity index (χ2v) is 11.9. The molecule has 0 aromatic heterocycles. The van der Waals surface area contributed by atoms with Crippen LogP contribution in [0.2, 0.25) is 4.82 Å². The first-order valence-electron chi connectivity index (χ1n) is 12.8. The molecule has 2 fully saturated rings. The normalized spacial score (nSPS) is 33.1. The Balaban J connectivity index is 1.49. The average Bonchev–Trinajstić information content (AvgIpc) is 2.96. The van der Waals surface area contributed by atoms with E-state index in [1.165, 1.54) is 14.2 Å². The van der Waals surface area contributed by atoms with Gasteiger partial charge in [-0.2, -0.15) is 0 Å². The summed E-state index contributed by atoms with van der Waals surface area (Å²) < 4.78 is 47.2. The van der Waals surface area contributed by atoms with E-state index in [-0.39, 0.29) is 28.2 Å². The van der Waals surface area contributed by atoms with Crippen LogP contribution in [0.25, 0.3) is 0 Å². The van der Waals surface area contributed by atoms with Crippen LogP contribution in [0.15, 0.2) is 54.6 Å². The van der Waals surface area contributed by atoms with Crippen molar-refractivity contribution in [2.75, 3.05) is 41.7 Å². The van der Waals surface area contributed by atoms with Crippen molar-refractivity contribution in [3.63, 3.8) is 0 Å². The zero-order valence-corrected chi connectivity index (χ0v) is 24.3. The number of benzene rings is 2. The summed E-state index contributed by atoms with van der Waals surface area (Å²) in [6.07, 6.45) is -6.40. The number of aliphatic hydroxyl groups is 2. The monoisotopic (exact) mass is 614 g/mol. The van der Waals surface area contributed by atoms with Crippen molar-refractivity contribution in [2.45, 2.75) is 60.6 Å². The summed E-state index contributed by atoms with van der Waals surface area (Å²) in [5, 5.41) is 22.7. The van der Waals surface area contributed by atoms with Crippen molar-refractivity contribution in [2.24, 2.45) is 0 Å². The van der Waals surface area contributed by atoms with Crippen LogP contribution < -0.4 is 9.20 Å². The molecule has 0 bridgehead atoms. The van der Waals surface area contributed by atoms with Gasteiger partial charge in [-0.3, -0.25) is 0 Å². The average molecular weight is 614 g/mol. The Morgan fingerprint density at radius 3 is 2.26 bits per heavy atom. The minimum atomic E-state index is -1.08. The fraction of sp³-hybridized carbons (Fsp3) is 0.571. The predicted octanol–water partition coefficient (Wildman–Crippen LogP) is 0.895. The molecule has 0 aliphatic carbocycles. The van der Waals surface area contributed by atoms with E-state index in [1.807, 2.05) is 54.6 Å². The molecule has 2 N–H and O–H groups in total. The topological polar surface area (TPSA) is 114 Å². The Bertz CT molecular complexity index is 980. The molecule has 2 aromatic rings. The number of aliphatic hydroxyl groups excluding tert-OH is 2. The quantitative estimate of drug-likeness (QED) is 0.335. The standard InChI is InChI=1S/C28H38O10Se/c1-31-15-21-24(33-3)23(30)25(27(34-4)37-21)38-28-26(39-19-8-6-5-7-9-19)22(29)20(16-36-28)35-14-17-10-12-18(32-2)13-11-17/h5-13,20-30H,14-16H2,1-4H3/t20-,21-,22+,23+,24-,25-,26+,27+,28-/m1/s1. The van der Waals surface area contributed by atoms with Crippen molar-refractivity contribution < 1.29 is 48.1 Å². The predicted molar refractivity (Wildman–Crippen MR) is 142 cm³/mol. The maximum absolute atomic E-state index is 11.5. The second-order valence-electron chi connectivity index (χ2n) is 9.31. The Kier molecular flexibility index (Phi) is 11.6. The first-order chi connectivity index (χ1) is 19.0. The molecular weight excluding hydrogens is 575 g/mol. The number of ether oxygens (including phenoxy) is 8. The van der Waals surface area contributed by atoms with E-state index in [9.17, 15) is 10.2 Å². The summed E-state index contributed by atoms with van der Waals surface area (Å²) in [6, 6.07) is 17.5. The fourth-order valence-electron chi connectivity index (χ4n) is 4.70. The maximum atomic E-state index is 11.5. The molecule has 2 aromatic carbocycles. The van der Waals surface area contributed by atoms with E-state index in [4.69, 9.17) is 37.9 Å². The first-order valence-corrected chi connectivity index (χ1v) is 14.6. The minimum absolute atomic E-state index is 0.116. The molecule has 10 nitrogen and oxygen atoms in total. The SMILES string of the molecule is COC[C@H]1O[C@H](OC)[C@H](O[C@H]2OC[C@@H](OCc3ccc(OC)cc3)[C@H](O)[C@@H]2[Se]c2ccccc2)[C@@H](O)[C@@H]1OC. The Labute approximate surface area is 235 Å². The van der Waals surface area contributed by atoms with Crippen molar-refractivity contribution in [1.82, 2.24) is 0 Å². The molecule has 2 saturated heterocycles. The van der Waals surface area contributed by atoms with Gasteiger partial charge in [-0.05, 0) is 0 Å². The zero-order chi connectivity index (χ0) is 27.8. The van der Waals surface area contributed by atoms with Crippen LogP contribution in [-0.4, -0.2) is 116 Å². The fourth-order valence-corrected chi connectivity index (χ4v) is 7.21. The van der Waals surface area contributed by atoms with Crippen LogP contribution in [0.4, 0.5) is 0 Å². The Hall–Kier alpha value is -1.60. The van der Waals surface area contributed by atoms with Gasteiger partial charge in [-0.1, -0.05) is 0 Å². The van der Waals surface area contributed by atoms with Crippen molar-refractivity contribution in [1.29, 1.82) is 0 Å². The first kappa shape index (κ1) is 30.4. The molecule has 0 saturated carbocycles. The third-order valence-electron chi connectivity index (χ3n) is 6.79. The third kappa shape index (κ3) is 7.58. The van der Waals surface area contributed by atoms with E-state index in [2.05, 4.69) is 0 Å². The summed E-state index contributed by atoms with van der Waals surface area (Å²) in [5.74, 6) is 0.762. The van der Waals surface area contributed by atoms with Crippen molar-refractivity contribution >= 4 is 19.4 Å². The molecular formula is C28H38O10Se. The molecule has 0 radical (unpaired) electrons. The summed E-state index contributed by atoms with van der Waals surface area (Å²) in [4.78, 5) is -0.433. The molecule has 39 heavy (non-hydrogen) atoms.